The van der Waals surface area contributed by atoms with Crippen LogP contribution in [0.5, 0.6) is 0 Å². The molecule has 0 spiro atoms. The van der Waals surface area contributed by atoms with Crippen molar-refractivity contribution in [1.29, 1.82) is 0 Å². The third-order valence-electron chi connectivity index (χ3n) is 5.68. The summed E-state index contributed by atoms with van der Waals surface area (Å²) >= 11 is 18.4. The molecule has 0 bridgehead atoms. The van der Waals surface area contributed by atoms with Crippen molar-refractivity contribution < 1.29 is 9.59 Å². The topological polar surface area (TPSA) is 49.4 Å². The van der Waals surface area contributed by atoms with Crippen LogP contribution in [0.25, 0.3) is 0 Å². The van der Waals surface area contributed by atoms with Gasteiger partial charge >= 0.3 is 0 Å². The summed E-state index contributed by atoms with van der Waals surface area (Å²) in [5.74, 6) is -0.775. The van der Waals surface area contributed by atoms with Crippen LogP contribution < -0.4 is 5.32 Å². The zero-order valence-electron chi connectivity index (χ0n) is 17.3. The van der Waals surface area contributed by atoms with Gasteiger partial charge in [-0.25, -0.2) is 0 Å². The normalized spacial score (nSPS) is 15.7. The van der Waals surface area contributed by atoms with Gasteiger partial charge in [0.05, 0.1) is 0 Å². The SMILES string of the molecule is O=C(NC1CCCCCC1)C(c1ccc(Cl)cc1)N(Cc1ccccc1Cl)C(=O)CCl. The Morgan fingerprint density at radius 2 is 1.61 bits per heavy atom. The number of carbonyl (C=O) groups excluding carboxylic acids is 2. The summed E-state index contributed by atoms with van der Waals surface area (Å²) < 4.78 is 0. The Bertz CT molecular complexity index is 881. The van der Waals surface area contributed by atoms with E-state index in [0.717, 1.165) is 31.2 Å². The number of carbonyl (C=O) groups is 2. The Morgan fingerprint density at radius 1 is 0.968 bits per heavy atom. The van der Waals surface area contributed by atoms with Crippen molar-refractivity contribution in [3.8, 4) is 0 Å². The summed E-state index contributed by atoms with van der Waals surface area (Å²) in [4.78, 5) is 27.9. The first-order valence-corrected chi connectivity index (χ1v) is 11.9. The largest absolute Gasteiger partial charge is 0.351 e. The fraction of sp³-hybridized carbons (Fsp3) is 0.417. The molecule has 1 fully saturated rings. The number of benzene rings is 2. The van der Waals surface area contributed by atoms with Crippen molar-refractivity contribution in [3.05, 3.63) is 69.7 Å². The van der Waals surface area contributed by atoms with Gasteiger partial charge in [-0.1, -0.05) is 79.2 Å². The van der Waals surface area contributed by atoms with Crippen LogP contribution in [0.15, 0.2) is 48.5 Å². The molecule has 0 aromatic heterocycles. The lowest BCUT2D eigenvalue weighted by molar-refractivity contribution is -0.140. The summed E-state index contributed by atoms with van der Waals surface area (Å²) in [6, 6.07) is 13.6. The third kappa shape index (κ3) is 6.61. The van der Waals surface area contributed by atoms with Crippen molar-refractivity contribution in [1.82, 2.24) is 10.2 Å². The summed E-state index contributed by atoms with van der Waals surface area (Å²) in [5, 5.41) is 4.29. The van der Waals surface area contributed by atoms with Gasteiger partial charge in [0.1, 0.15) is 11.9 Å². The average Bonchev–Trinajstić information content (AvgIpc) is 3.04. The monoisotopic (exact) mass is 480 g/mol. The molecule has 1 aliphatic rings. The lowest BCUT2D eigenvalue weighted by Crippen LogP contribution is -2.46. The van der Waals surface area contributed by atoms with Gasteiger partial charge in [0.25, 0.3) is 0 Å². The second-order valence-electron chi connectivity index (χ2n) is 7.90. The Labute approximate surface area is 198 Å². The lowest BCUT2D eigenvalue weighted by Gasteiger charge is -2.32. The number of halogens is 3. The highest BCUT2D eigenvalue weighted by Gasteiger charge is 2.32. The Morgan fingerprint density at radius 3 is 2.23 bits per heavy atom. The fourth-order valence-electron chi connectivity index (χ4n) is 4.03. The van der Waals surface area contributed by atoms with Crippen molar-refractivity contribution in [2.75, 3.05) is 5.88 Å². The van der Waals surface area contributed by atoms with Crippen LogP contribution in [-0.4, -0.2) is 28.6 Å². The summed E-state index contributed by atoms with van der Waals surface area (Å²) in [7, 11) is 0. The minimum absolute atomic E-state index is 0.109. The van der Waals surface area contributed by atoms with Crippen LogP contribution in [-0.2, 0) is 16.1 Å². The number of hydrogen-bond acceptors (Lipinski definition) is 2. The van der Waals surface area contributed by atoms with Gasteiger partial charge in [0.2, 0.25) is 11.8 Å². The molecule has 2 aromatic carbocycles. The minimum Gasteiger partial charge on any atom is -0.351 e. The molecule has 2 amide bonds. The van der Waals surface area contributed by atoms with Crippen LogP contribution in [0.2, 0.25) is 10.0 Å². The first kappa shape index (κ1) is 23.9. The highest BCUT2D eigenvalue weighted by molar-refractivity contribution is 6.31. The van der Waals surface area contributed by atoms with E-state index >= 15 is 0 Å². The Balaban J connectivity index is 1.94. The number of nitrogens with zero attached hydrogens (tertiary/aromatic N) is 1. The molecule has 0 radical (unpaired) electrons. The van der Waals surface area contributed by atoms with Gasteiger partial charge in [-0.05, 0) is 42.2 Å². The number of hydrogen-bond donors (Lipinski definition) is 1. The van der Waals surface area contributed by atoms with Gasteiger partial charge in [0, 0.05) is 22.6 Å². The van der Waals surface area contributed by atoms with Crippen LogP contribution in [0, 0.1) is 0 Å². The van der Waals surface area contributed by atoms with Gasteiger partial charge in [-0.15, -0.1) is 11.6 Å². The molecule has 1 N–H and O–H groups in total. The van der Waals surface area contributed by atoms with Crippen LogP contribution >= 0.6 is 34.8 Å². The smallest absolute Gasteiger partial charge is 0.247 e. The van der Waals surface area contributed by atoms with Gasteiger partial charge in [-0.3, -0.25) is 9.59 Å². The number of nitrogens with one attached hydrogen (secondary N) is 1. The molecule has 1 saturated carbocycles. The quantitative estimate of drug-likeness (QED) is 0.381. The molecule has 0 aliphatic heterocycles. The molecule has 31 heavy (non-hydrogen) atoms. The van der Waals surface area contributed by atoms with E-state index in [9.17, 15) is 9.59 Å². The van der Waals surface area contributed by atoms with Crippen molar-refractivity contribution in [2.24, 2.45) is 0 Å². The predicted molar refractivity (Wildman–Crippen MR) is 127 cm³/mol. The molecule has 166 valence electrons. The number of amides is 2. The molecule has 0 saturated heterocycles. The minimum atomic E-state index is -0.831. The molecule has 1 aliphatic carbocycles. The average molecular weight is 482 g/mol. The van der Waals surface area contributed by atoms with Crippen LogP contribution in [0.1, 0.15) is 55.7 Å². The van der Waals surface area contributed by atoms with E-state index in [1.807, 2.05) is 18.2 Å². The number of alkyl halides is 1. The van der Waals surface area contributed by atoms with E-state index in [4.69, 9.17) is 34.8 Å². The maximum atomic E-state index is 13.5. The molecule has 1 unspecified atom stereocenters. The van der Waals surface area contributed by atoms with E-state index in [2.05, 4.69) is 5.32 Å². The van der Waals surface area contributed by atoms with E-state index in [0.29, 0.717) is 15.6 Å². The maximum absolute atomic E-state index is 13.5. The third-order valence-corrected chi connectivity index (χ3v) is 6.53. The molecule has 2 aromatic rings. The first-order valence-electron chi connectivity index (χ1n) is 10.6. The van der Waals surface area contributed by atoms with E-state index in [1.54, 1.807) is 30.3 Å². The zero-order chi connectivity index (χ0) is 22.2. The second-order valence-corrected chi connectivity index (χ2v) is 9.01. The van der Waals surface area contributed by atoms with E-state index < -0.39 is 6.04 Å². The van der Waals surface area contributed by atoms with Gasteiger partial charge in [0.15, 0.2) is 0 Å². The highest BCUT2D eigenvalue weighted by Crippen LogP contribution is 2.28. The Hall–Kier alpha value is -1.75. The molecule has 3 rings (SSSR count). The van der Waals surface area contributed by atoms with E-state index in [-0.39, 0.29) is 30.3 Å². The first-order chi connectivity index (χ1) is 15.0. The lowest BCUT2D eigenvalue weighted by atomic mass is 10.0. The molecular formula is C24H27Cl3N2O2. The van der Waals surface area contributed by atoms with Gasteiger partial charge < -0.3 is 10.2 Å². The summed E-state index contributed by atoms with van der Waals surface area (Å²) in [6.45, 7) is 0.177. The van der Waals surface area contributed by atoms with E-state index in [1.165, 1.54) is 17.7 Å². The predicted octanol–water partition coefficient (Wildman–Crippen LogP) is 6.14. The molecule has 1 atom stereocenters. The molecule has 4 nitrogen and oxygen atoms in total. The van der Waals surface area contributed by atoms with Gasteiger partial charge in [-0.2, -0.15) is 0 Å². The van der Waals surface area contributed by atoms with Crippen molar-refractivity contribution in [3.63, 3.8) is 0 Å². The Kier molecular flexibility index (Phi) is 9.06. The van der Waals surface area contributed by atoms with Crippen molar-refractivity contribution in [2.45, 2.75) is 57.2 Å². The highest BCUT2D eigenvalue weighted by atomic mass is 35.5. The summed E-state index contributed by atoms with van der Waals surface area (Å²) in [5.41, 5.74) is 1.44. The second kappa shape index (κ2) is 11.8. The van der Waals surface area contributed by atoms with Crippen molar-refractivity contribution >= 4 is 46.6 Å². The van der Waals surface area contributed by atoms with Crippen LogP contribution in [0.3, 0.4) is 0 Å². The number of rotatable bonds is 7. The molecular weight excluding hydrogens is 455 g/mol. The maximum Gasteiger partial charge on any atom is 0.247 e. The molecule has 7 heteroatoms. The fourth-order valence-corrected chi connectivity index (χ4v) is 4.51. The summed E-state index contributed by atoms with van der Waals surface area (Å²) in [6.07, 6.45) is 6.48. The standard InChI is InChI=1S/C24H27Cl3N2O2/c25-15-22(30)29(16-18-7-5-6-10-21(18)27)23(17-11-13-19(26)14-12-17)24(31)28-20-8-3-1-2-4-9-20/h5-7,10-14,20,23H,1-4,8-9,15-16H2,(H,28,31). The zero-order valence-corrected chi connectivity index (χ0v) is 19.6. The van der Waals surface area contributed by atoms with Crippen LogP contribution in [0.4, 0.5) is 0 Å². The molecule has 0 heterocycles.